The number of hydrogen-bond acceptors (Lipinski definition) is 4. The minimum Gasteiger partial charge on any atom is -0.309 e. The summed E-state index contributed by atoms with van der Waals surface area (Å²) in [4.78, 5) is 28.6. The highest BCUT2D eigenvalue weighted by Gasteiger charge is 2.50. The van der Waals surface area contributed by atoms with Crippen molar-refractivity contribution in [2.45, 2.75) is 18.5 Å². The number of nitriles is 1. The molecule has 27 heavy (non-hydrogen) atoms. The van der Waals surface area contributed by atoms with Gasteiger partial charge in [-0.3, -0.25) is 9.59 Å². The van der Waals surface area contributed by atoms with Crippen LogP contribution in [-0.2, 0) is 15.8 Å². The van der Waals surface area contributed by atoms with Crippen LogP contribution in [0.4, 0.5) is 19.0 Å². The zero-order valence-corrected chi connectivity index (χ0v) is 13.9. The summed E-state index contributed by atoms with van der Waals surface area (Å²) in [5.41, 5.74) is -0.776. The number of amides is 1. The van der Waals surface area contributed by atoms with Crippen LogP contribution in [0.25, 0.3) is 0 Å². The number of aromatic nitrogens is 1. The number of ketones is 1. The average Bonchev–Trinajstić information content (AvgIpc) is 3.43. The number of nitrogens with zero attached hydrogens (tertiary/aromatic N) is 2. The highest BCUT2D eigenvalue weighted by Crippen LogP contribution is 2.52. The Balaban J connectivity index is 1.74. The second-order valence-electron chi connectivity index (χ2n) is 6.20. The number of benzene rings is 1. The van der Waals surface area contributed by atoms with Crippen LogP contribution >= 0.6 is 0 Å². The molecule has 1 heterocycles. The summed E-state index contributed by atoms with van der Waals surface area (Å²) in [6.45, 7) is 0. The lowest BCUT2D eigenvalue weighted by Crippen LogP contribution is -2.30. The lowest BCUT2D eigenvalue weighted by molar-refractivity contribution is -0.138. The van der Waals surface area contributed by atoms with Gasteiger partial charge in [0, 0.05) is 12.1 Å². The molecule has 0 bridgehead atoms. The van der Waals surface area contributed by atoms with Gasteiger partial charge in [-0.15, -0.1) is 0 Å². The lowest BCUT2D eigenvalue weighted by Gasteiger charge is -2.13. The van der Waals surface area contributed by atoms with Crippen molar-refractivity contribution in [3.05, 3.63) is 59.8 Å². The Hall–Kier alpha value is -3.21. The number of carbonyl (C=O) groups is 2. The van der Waals surface area contributed by atoms with Crippen LogP contribution in [0.5, 0.6) is 0 Å². The molecular formula is C19H14F3N3O2. The molecule has 1 fully saturated rings. The van der Waals surface area contributed by atoms with Gasteiger partial charge in [0.15, 0.2) is 11.7 Å². The third-order valence-electron chi connectivity index (χ3n) is 4.41. The summed E-state index contributed by atoms with van der Waals surface area (Å²) in [5, 5.41) is 11.6. The van der Waals surface area contributed by atoms with Gasteiger partial charge in [-0.05, 0) is 36.1 Å². The fourth-order valence-electron chi connectivity index (χ4n) is 3.03. The van der Waals surface area contributed by atoms with Gasteiger partial charge in [0.25, 0.3) is 5.91 Å². The number of rotatable bonds is 5. The summed E-state index contributed by atoms with van der Waals surface area (Å²) < 4.78 is 39.5. The minimum absolute atomic E-state index is 0.0187. The first kappa shape index (κ1) is 18.6. The van der Waals surface area contributed by atoms with Gasteiger partial charge in [-0.2, -0.15) is 18.4 Å². The molecule has 5 nitrogen and oxygen atoms in total. The third kappa shape index (κ3) is 3.97. The van der Waals surface area contributed by atoms with E-state index in [1.165, 1.54) is 30.5 Å². The molecule has 0 saturated heterocycles. The van der Waals surface area contributed by atoms with E-state index in [2.05, 4.69) is 10.3 Å². The maximum absolute atomic E-state index is 13.2. The first-order valence-electron chi connectivity index (χ1n) is 8.14. The van der Waals surface area contributed by atoms with Crippen molar-refractivity contribution in [1.29, 1.82) is 5.26 Å². The van der Waals surface area contributed by atoms with Gasteiger partial charge >= 0.3 is 6.18 Å². The van der Waals surface area contributed by atoms with E-state index in [1.807, 2.05) is 0 Å². The van der Waals surface area contributed by atoms with Crippen molar-refractivity contribution in [3.8, 4) is 6.07 Å². The number of carbonyl (C=O) groups excluding carboxylic acids is 2. The first-order chi connectivity index (χ1) is 12.8. The van der Waals surface area contributed by atoms with Crippen LogP contribution < -0.4 is 5.32 Å². The molecule has 1 aliphatic rings. The third-order valence-corrected chi connectivity index (χ3v) is 4.41. The van der Waals surface area contributed by atoms with E-state index in [9.17, 15) is 28.0 Å². The van der Waals surface area contributed by atoms with Gasteiger partial charge in [0.1, 0.15) is 5.82 Å². The van der Waals surface area contributed by atoms with Crippen molar-refractivity contribution in [2.24, 2.45) is 11.8 Å². The number of nitrogens with one attached hydrogen (secondary N) is 1. The predicted molar refractivity (Wildman–Crippen MR) is 89.3 cm³/mol. The largest absolute Gasteiger partial charge is 0.416 e. The number of halogens is 3. The molecule has 3 atom stereocenters. The summed E-state index contributed by atoms with van der Waals surface area (Å²) >= 11 is 0. The van der Waals surface area contributed by atoms with E-state index in [4.69, 9.17) is 0 Å². The van der Waals surface area contributed by atoms with E-state index in [-0.39, 0.29) is 17.8 Å². The van der Waals surface area contributed by atoms with Crippen molar-refractivity contribution in [2.75, 3.05) is 5.32 Å². The summed E-state index contributed by atoms with van der Waals surface area (Å²) in [7, 11) is 0. The molecule has 1 aliphatic carbocycles. The van der Waals surface area contributed by atoms with Gasteiger partial charge in [-0.25, -0.2) is 4.98 Å². The van der Waals surface area contributed by atoms with Gasteiger partial charge in [0.2, 0.25) is 0 Å². The molecule has 1 amide bonds. The number of hydrogen-bond donors (Lipinski definition) is 1. The lowest BCUT2D eigenvalue weighted by atomic mass is 9.96. The molecule has 3 rings (SSSR count). The molecule has 0 radical (unpaired) electrons. The Morgan fingerprint density at radius 2 is 1.89 bits per heavy atom. The van der Waals surface area contributed by atoms with Crippen LogP contribution in [0.15, 0.2) is 48.7 Å². The Morgan fingerprint density at radius 3 is 2.52 bits per heavy atom. The number of pyridine rings is 1. The quantitative estimate of drug-likeness (QED) is 0.813. The molecule has 0 spiro atoms. The number of alkyl halides is 3. The Labute approximate surface area is 152 Å². The molecular weight excluding hydrogens is 359 g/mol. The zero-order chi connectivity index (χ0) is 19.6. The fraction of sp³-hybridized carbons (Fsp3) is 0.263. The summed E-state index contributed by atoms with van der Waals surface area (Å²) in [6.07, 6.45) is -2.91. The summed E-state index contributed by atoms with van der Waals surface area (Å²) in [6, 6.07) is 11.4. The Bertz CT molecular complexity index is 906. The molecule has 0 aliphatic heterocycles. The molecule has 1 N–H and O–H groups in total. The molecule has 2 aromatic rings. The average molecular weight is 373 g/mol. The van der Waals surface area contributed by atoms with Crippen LogP contribution in [0, 0.1) is 23.2 Å². The second kappa shape index (κ2) is 7.19. The first-order valence-corrected chi connectivity index (χ1v) is 8.14. The molecule has 8 heteroatoms. The van der Waals surface area contributed by atoms with E-state index in [0.29, 0.717) is 0 Å². The van der Waals surface area contributed by atoms with E-state index in [0.717, 1.165) is 6.07 Å². The molecule has 138 valence electrons. The van der Waals surface area contributed by atoms with Crippen LogP contribution in [-0.4, -0.2) is 16.7 Å². The second-order valence-corrected chi connectivity index (χ2v) is 6.20. The highest BCUT2D eigenvalue weighted by atomic mass is 19.4. The normalized spacial score (nSPS) is 19.6. The monoisotopic (exact) mass is 373 g/mol. The topological polar surface area (TPSA) is 82.8 Å². The predicted octanol–water partition coefficient (Wildman–Crippen LogP) is 3.55. The maximum Gasteiger partial charge on any atom is 0.416 e. The van der Waals surface area contributed by atoms with Crippen LogP contribution in [0.2, 0.25) is 0 Å². The van der Waals surface area contributed by atoms with Crippen molar-refractivity contribution in [1.82, 2.24) is 4.98 Å². The smallest absolute Gasteiger partial charge is 0.309 e. The van der Waals surface area contributed by atoms with Gasteiger partial charge in [-0.1, -0.05) is 24.3 Å². The molecule has 3 unspecified atom stereocenters. The summed E-state index contributed by atoms with van der Waals surface area (Å²) in [5.74, 6) is -4.35. The van der Waals surface area contributed by atoms with Crippen LogP contribution in [0.1, 0.15) is 23.5 Å². The van der Waals surface area contributed by atoms with Crippen molar-refractivity contribution >= 4 is 17.5 Å². The van der Waals surface area contributed by atoms with Crippen molar-refractivity contribution < 1.29 is 22.8 Å². The van der Waals surface area contributed by atoms with Gasteiger partial charge in [0.05, 0.1) is 11.6 Å². The highest BCUT2D eigenvalue weighted by molar-refractivity contribution is 6.10. The van der Waals surface area contributed by atoms with E-state index >= 15 is 0 Å². The Kier molecular flexibility index (Phi) is 4.95. The number of Topliss-reactive ketones (excluding diaryl/α,β-unsaturated/α-hetero) is 1. The maximum atomic E-state index is 13.2. The fourth-order valence-corrected chi connectivity index (χ4v) is 3.03. The number of anilines is 1. The van der Waals surface area contributed by atoms with Crippen LogP contribution in [0.3, 0.4) is 0 Å². The van der Waals surface area contributed by atoms with Gasteiger partial charge < -0.3 is 5.32 Å². The molecule has 1 aromatic carbocycles. The standard InChI is InChI=1S/C19H14F3N3O2/c20-19(21,22)15-6-2-1-5-11(15)12-9-13(12)17(26)14(10-23)18(27)25-16-7-3-4-8-24-16/h1-8,12-14H,9H2,(H,24,25,27). The van der Waals surface area contributed by atoms with E-state index < -0.39 is 41.2 Å². The minimum atomic E-state index is -4.53. The molecule has 1 saturated carbocycles. The molecule has 1 aromatic heterocycles. The van der Waals surface area contributed by atoms with E-state index in [1.54, 1.807) is 18.2 Å². The zero-order valence-electron chi connectivity index (χ0n) is 13.9. The van der Waals surface area contributed by atoms with Crippen molar-refractivity contribution in [3.63, 3.8) is 0 Å². The SMILES string of the molecule is N#CC(C(=O)Nc1ccccn1)C(=O)C1CC1c1ccccc1C(F)(F)F. The Morgan fingerprint density at radius 1 is 1.19 bits per heavy atom.